The van der Waals surface area contributed by atoms with Crippen LogP contribution < -0.4 is 14.4 Å². The molecule has 0 radical (unpaired) electrons. The Kier molecular flexibility index (Phi) is 7.30. The minimum absolute atomic E-state index is 0.0697. The summed E-state index contributed by atoms with van der Waals surface area (Å²) in [5, 5.41) is 20.1. The lowest BCUT2D eigenvalue weighted by atomic mass is 9.95. The highest BCUT2D eigenvalue weighted by atomic mass is 79.9. The Morgan fingerprint density at radius 2 is 1.75 bits per heavy atom. The van der Waals surface area contributed by atoms with Gasteiger partial charge in [0.1, 0.15) is 24.8 Å². The first-order valence-corrected chi connectivity index (χ1v) is 14.7. The summed E-state index contributed by atoms with van der Waals surface area (Å²) >= 11 is 5.96. The van der Waals surface area contributed by atoms with Crippen LogP contribution in [0.3, 0.4) is 0 Å². The number of aliphatic hydroxyl groups is 1. The largest absolute Gasteiger partial charge is 0.507 e. The molecular weight excluding hydrogens is 621 g/mol. The Labute approximate surface area is 244 Å². The van der Waals surface area contributed by atoms with Crippen LogP contribution in [0.2, 0.25) is 0 Å². The van der Waals surface area contributed by atoms with E-state index < -0.39 is 17.7 Å². The maximum absolute atomic E-state index is 13.4. The lowest BCUT2D eigenvalue weighted by Gasteiger charge is -2.23. The fourth-order valence-electron chi connectivity index (χ4n) is 4.42. The van der Waals surface area contributed by atoms with Crippen molar-refractivity contribution in [2.45, 2.75) is 16.1 Å². The number of hydrogen-bond acceptors (Lipinski definition) is 9. The number of carbonyl (C=O) groups excluding carboxylic acids is 2. The van der Waals surface area contributed by atoms with Gasteiger partial charge in [-0.05, 0) is 53.6 Å². The van der Waals surface area contributed by atoms with Gasteiger partial charge in [0.05, 0.1) is 11.6 Å². The molecule has 1 N–H and O–H groups in total. The van der Waals surface area contributed by atoms with Crippen molar-refractivity contribution in [3.05, 3.63) is 99.3 Å². The van der Waals surface area contributed by atoms with Gasteiger partial charge in [-0.3, -0.25) is 14.5 Å². The number of rotatable bonds is 6. The summed E-state index contributed by atoms with van der Waals surface area (Å²) in [6.45, 7) is 0.776. The number of fused-ring (bicyclic) bond motifs is 1. The highest BCUT2D eigenvalue weighted by Crippen LogP contribution is 2.45. The summed E-state index contributed by atoms with van der Waals surface area (Å²) in [5.41, 5.74) is 1.76. The number of halogens is 2. The molecule has 1 saturated heterocycles. The van der Waals surface area contributed by atoms with Crippen LogP contribution in [0, 0.1) is 5.82 Å². The van der Waals surface area contributed by atoms with Crippen LogP contribution >= 0.6 is 39.0 Å². The highest BCUT2D eigenvalue weighted by molar-refractivity contribution is 9.10. The first-order valence-electron chi connectivity index (χ1n) is 12.1. The quantitative estimate of drug-likeness (QED) is 0.0884. The molecule has 3 aromatic carbocycles. The van der Waals surface area contributed by atoms with Crippen LogP contribution in [0.5, 0.6) is 11.5 Å². The molecular formula is C28H19BrFN3O5S2. The molecule has 8 nitrogen and oxygen atoms in total. The van der Waals surface area contributed by atoms with Crippen molar-refractivity contribution in [3.8, 4) is 11.5 Å². The van der Waals surface area contributed by atoms with Crippen LogP contribution in [0.15, 0.2) is 81.1 Å². The van der Waals surface area contributed by atoms with E-state index in [1.165, 1.54) is 28.8 Å². The number of amides is 1. The Balaban J connectivity index is 1.38. The molecule has 0 aliphatic carbocycles. The van der Waals surface area contributed by atoms with Gasteiger partial charge in [-0.2, -0.15) is 0 Å². The predicted molar refractivity (Wildman–Crippen MR) is 152 cm³/mol. The van der Waals surface area contributed by atoms with Crippen molar-refractivity contribution in [3.63, 3.8) is 0 Å². The van der Waals surface area contributed by atoms with Gasteiger partial charge < -0.3 is 14.6 Å². The minimum Gasteiger partial charge on any atom is -0.507 e. The van der Waals surface area contributed by atoms with E-state index in [1.54, 1.807) is 54.6 Å². The van der Waals surface area contributed by atoms with E-state index in [1.807, 2.05) is 0 Å². The number of benzene rings is 3. The summed E-state index contributed by atoms with van der Waals surface area (Å²) in [7, 11) is 0. The van der Waals surface area contributed by atoms with Gasteiger partial charge in [0, 0.05) is 15.8 Å². The summed E-state index contributed by atoms with van der Waals surface area (Å²) in [6.07, 6.45) is 0. The molecule has 1 fully saturated rings. The SMILES string of the molecule is O=C1C(=O)N(c2nnc(SCc3ccc(F)cc3)s2)C(c2ccc(Br)cc2)/C1=C(\O)c1ccc2c(c1)OCCO2. The topological polar surface area (TPSA) is 102 Å². The van der Waals surface area contributed by atoms with Crippen molar-refractivity contribution in [2.75, 3.05) is 18.1 Å². The van der Waals surface area contributed by atoms with Crippen LogP contribution in [0.25, 0.3) is 5.76 Å². The van der Waals surface area contributed by atoms with Crippen molar-refractivity contribution in [2.24, 2.45) is 0 Å². The average molecular weight is 641 g/mol. The molecule has 1 aromatic heterocycles. The monoisotopic (exact) mass is 639 g/mol. The zero-order valence-electron chi connectivity index (χ0n) is 20.5. The highest BCUT2D eigenvalue weighted by Gasteiger charge is 2.48. The molecule has 202 valence electrons. The van der Waals surface area contributed by atoms with Crippen molar-refractivity contribution < 1.29 is 28.6 Å². The van der Waals surface area contributed by atoms with E-state index in [9.17, 15) is 19.1 Å². The fourth-order valence-corrected chi connectivity index (χ4v) is 6.51. The van der Waals surface area contributed by atoms with E-state index in [0.717, 1.165) is 21.4 Å². The number of hydrogen-bond donors (Lipinski definition) is 1. The molecule has 0 saturated carbocycles. The first kappa shape index (κ1) is 26.5. The number of ketones is 1. The number of aliphatic hydroxyl groups excluding tert-OH is 1. The van der Waals surface area contributed by atoms with Gasteiger partial charge in [-0.1, -0.05) is 63.3 Å². The Morgan fingerprint density at radius 3 is 2.50 bits per heavy atom. The second kappa shape index (κ2) is 11.0. The summed E-state index contributed by atoms with van der Waals surface area (Å²) in [6, 6.07) is 17.2. The molecule has 1 unspecified atom stereocenters. The third-order valence-corrected chi connectivity index (χ3v) is 8.98. The number of carbonyl (C=O) groups is 2. The molecule has 4 aromatic rings. The molecule has 0 bridgehead atoms. The van der Waals surface area contributed by atoms with Gasteiger partial charge >= 0.3 is 5.91 Å². The van der Waals surface area contributed by atoms with E-state index in [4.69, 9.17) is 9.47 Å². The zero-order valence-corrected chi connectivity index (χ0v) is 23.8. The number of aromatic nitrogens is 2. The van der Waals surface area contributed by atoms with Crippen molar-refractivity contribution in [1.82, 2.24) is 10.2 Å². The molecule has 2 aliphatic rings. The van der Waals surface area contributed by atoms with Crippen LogP contribution in [-0.2, 0) is 15.3 Å². The van der Waals surface area contributed by atoms with E-state index in [2.05, 4.69) is 26.1 Å². The average Bonchev–Trinajstić information content (AvgIpc) is 3.54. The summed E-state index contributed by atoms with van der Waals surface area (Å²) < 4.78 is 25.8. The Bertz CT molecular complexity index is 1640. The Hall–Kier alpha value is -3.74. The Morgan fingerprint density at radius 1 is 1.02 bits per heavy atom. The predicted octanol–water partition coefficient (Wildman–Crippen LogP) is 6.13. The van der Waals surface area contributed by atoms with E-state index >= 15 is 0 Å². The molecule has 12 heteroatoms. The third-order valence-electron chi connectivity index (χ3n) is 6.32. The van der Waals surface area contributed by atoms with Gasteiger partial charge in [0.2, 0.25) is 5.13 Å². The van der Waals surface area contributed by atoms with Gasteiger partial charge in [0.25, 0.3) is 5.78 Å². The number of ether oxygens (including phenoxy) is 2. The minimum atomic E-state index is -0.941. The maximum atomic E-state index is 13.4. The number of anilines is 1. The standard InChI is InChI=1S/C28H19BrFN3O5S2/c29-18-6-3-16(4-7-18)23-22(24(34)17-5-10-20-21(13-17)38-12-11-37-20)25(35)26(36)33(23)27-31-32-28(40-27)39-14-15-1-8-19(30)9-2-15/h1-10,13,23,34H,11-12,14H2/b24-22+. The second-order valence-corrected chi connectivity index (χ2v) is 11.9. The molecule has 1 atom stereocenters. The lowest BCUT2D eigenvalue weighted by Crippen LogP contribution is -2.29. The van der Waals surface area contributed by atoms with Crippen LogP contribution in [-0.4, -0.2) is 40.2 Å². The fraction of sp³-hybridized carbons (Fsp3) is 0.143. The molecule has 2 aliphatic heterocycles. The van der Waals surface area contributed by atoms with Gasteiger partial charge in [-0.25, -0.2) is 4.39 Å². The second-order valence-electron chi connectivity index (χ2n) is 8.84. The van der Waals surface area contributed by atoms with E-state index in [-0.39, 0.29) is 22.3 Å². The summed E-state index contributed by atoms with van der Waals surface area (Å²) in [4.78, 5) is 28.1. The normalized spacial score (nSPS) is 17.9. The molecule has 3 heterocycles. The van der Waals surface area contributed by atoms with Gasteiger partial charge in [-0.15, -0.1) is 10.2 Å². The number of Topliss-reactive ketones (excluding diaryl/α,β-unsaturated/α-hetero) is 1. The zero-order chi connectivity index (χ0) is 27.8. The smallest absolute Gasteiger partial charge is 0.301 e. The number of thioether (sulfide) groups is 1. The first-order chi connectivity index (χ1) is 19.4. The third kappa shape index (κ3) is 5.09. The van der Waals surface area contributed by atoms with E-state index in [0.29, 0.717) is 45.9 Å². The van der Waals surface area contributed by atoms with Crippen molar-refractivity contribution >= 4 is 61.6 Å². The lowest BCUT2D eigenvalue weighted by molar-refractivity contribution is -0.132. The van der Waals surface area contributed by atoms with Crippen LogP contribution in [0.4, 0.5) is 9.52 Å². The van der Waals surface area contributed by atoms with Crippen LogP contribution in [0.1, 0.15) is 22.7 Å². The van der Waals surface area contributed by atoms with Crippen molar-refractivity contribution in [1.29, 1.82) is 0 Å². The number of nitrogens with zero attached hydrogens (tertiary/aromatic N) is 3. The summed E-state index contributed by atoms with van der Waals surface area (Å²) in [5.74, 6) is -0.806. The molecule has 0 spiro atoms. The molecule has 6 rings (SSSR count). The maximum Gasteiger partial charge on any atom is 0.301 e. The van der Waals surface area contributed by atoms with Gasteiger partial charge in [0.15, 0.2) is 15.8 Å². The molecule has 1 amide bonds. The molecule has 40 heavy (non-hydrogen) atoms.